The van der Waals surface area contributed by atoms with Crippen molar-refractivity contribution in [2.75, 3.05) is 21.3 Å². The fraction of sp³-hybridized carbons (Fsp3) is 0.147. The zero-order chi connectivity index (χ0) is 33.7. The number of hydrogen-bond acceptors (Lipinski definition) is 6. The topological polar surface area (TPSA) is 183 Å². The Morgan fingerprint density at radius 2 is 1.00 bits per heavy atom. The number of benzene rings is 4. The summed E-state index contributed by atoms with van der Waals surface area (Å²) in [5, 5.41) is 25.0. The van der Waals surface area contributed by atoms with Crippen molar-refractivity contribution in [2.45, 2.75) is 32.3 Å². The van der Waals surface area contributed by atoms with Crippen molar-refractivity contribution in [1.29, 1.82) is 0 Å². The number of carbonyl (C=O) groups is 5. The second-order valence-corrected chi connectivity index (χ2v) is 10.7. The Balaban J connectivity index is 0.00000136. The van der Waals surface area contributed by atoms with Crippen molar-refractivity contribution in [3.05, 3.63) is 120 Å². The van der Waals surface area contributed by atoms with Crippen LogP contribution in [0.2, 0.25) is 0 Å². The first kappa shape index (κ1) is 34.3. The number of para-hydroxylation sites is 4. The molecule has 0 heterocycles. The number of rotatable bonds is 8. The molecule has 0 fully saturated rings. The lowest BCUT2D eigenvalue weighted by molar-refractivity contribution is -0.126. The first-order chi connectivity index (χ1) is 21.8. The third kappa shape index (κ3) is 11.2. The lowest BCUT2D eigenvalue weighted by atomic mass is 9.95. The van der Waals surface area contributed by atoms with Crippen LogP contribution in [0.5, 0.6) is 0 Å². The monoisotopic (exact) mass is 626 g/mol. The van der Waals surface area contributed by atoms with E-state index in [1.807, 2.05) is 12.1 Å². The summed E-state index contributed by atoms with van der Waals surface area (Å²) in [5.41, 5.74) is 1.85. The molecule has 0 bridgehead atoms. The average Bonchev–Trinajstić information content (AvgIpc) is 2.98. The molecule has 0 unspecified atom stereocenters. The minimum absolute atomic E-state index is 0.288. The van der Waals surface area contributed by atoms with Gasteiger partial charge in [0.15, 0.2) is 0 Å². The highest BCUT2D eigenvalue weighted by atomic mass is 16.6. The lowest BCUT2D eigenvalue weighted by Crippen LogP contribution is -2.32. The molecule has 46 heavy (non-hydrogen) atoms. The predicted molar refractivity (Wildman–Crippen MR) is 174 cm³/mol. The smallest absolute Gasteiger partial charge is 0.450 e. The summed E-state index contributed by atoms with van der Waals surface area (Å²) < 4.78 is 5.31. The van der Waals surface area contributed by atoms with Gasteiger partial charge in [0.1, 0.15) is 11.5 Å². The molecule has 0 atom stereocenters. The predicted octanol–water partition coefficient (Wildman–Crippen LogP) is 6.87. The van der Waals surface area contributed by atoms with Gasteiger partial charge in [-0.15, -0.1) is 0 Å². The molecule has 0 saturated carbocycles. The fourth-order valence-electron chi connectivity index (χ4n) is 4.03. The SMILES string of the molecule is CC(C)(C)OC(=O)Nc1ccccc1NC(=O)c1ccc(C(C(=O)Nc2ccccc2)C(=O)Nc2ccccc2)cc1.O=C(O)O. The van der Waals surface area contributed by atoms with E-state index in [9.17, 15) is 19.2 Å². The largest absolute Gasteiger partial charge is 0.503 e. The Morgan fingerprint density at radius 1 is 0.587 bits per heavy atom. The Bertz CT molecular complexity index is 1600. The highest BCUT2D eigenvalue weighted by Crippen LogP contribution is 2.25. The van der Waals surface area contributed by atoms with Crippen molar-refractivity contribution in [2.24, 2.45) is 0 Å². The van der Waals surface area contributed by atoms with Crippen molar-refractivity contribution in [3.8, 4) is 0 Å². The molecule has 0 aliphatic heterocycles. The van der Waals surface area contributed by atoms with Gasteiger partial charge in [0.25, 0.3) is 5.91 Å². The Kier molecular flexibility index (Phi) is 12.0. The summed E-state index contributed by atoms with van der Waals surface area (Å²) in [7, 11) is 0. The molecular weight excluding hydrogens is 592 g/mol. The van der Waals surface area contributed by atoms with E-state index < -0.39 is 41.5 Å². The van der Waals surface area contributed by atoms with Crippen molar-refractivity contribution < 1.29 is 38.9 Å². The highest BCUT2D eigenvalue weighted by Gasteiger charge is 2.29. The zero-order valence-electron chi connectivity index (χ0n) is 25.3. The lowest BCUT2D eigenvalue weighted by Gasteiger charge is -2.20. The quantitative estimate of drug-likeness (QED) is 0.114. The molecule has 4 aromatic carbocycles. The molecule has 0 saturated heterocycles. The molecule has 0 aliphatic rings. The third-order valence-corrected chi connectivity index (χ3v) is 5.92. The van der Waals surface area contributed by atoms with Crippen molar-refractivity contribution in [1.82, 2.24) is 0 Å². The minimum Gasteiger partial charge on any atom is -0.450 e. The highest BCUT2D eigenvalue weighted by molar-refractivity contribution is 6.15. The summed E-state index contributed by atoms with van der Waals surface area (Å²) in [6.07, 6.45) is -2.48. The van der Waals surface area contributed by atoms with Gasteiger partial charge in [-0.3, -0.25) is 19.7 Å². The number of anilines is 4. The van der Waals surface area contributed by atoms with Crippen molar-refractivity contribution in [3.63, 3.8) is 0 Å². The van der Waals surface area contributed by atoms with E-state index in [1.54, 1.807) is 106 Å². The van der Waals surface area contributed by atoms with Crippen LogP contribution in [0.3, 0.4) is 0 Å². The molecule has 12 nitrogen and oxygen atoms in total. The number of hydrogen-bond donors (Lipinski definition) is 6. The van der Waals surface area contributed by atoms with E-state index in [1.165, 1.54) is 12.1 Å². The number of nitrogens with one attached hydrogen (secondary N) is 4. The van der Waals surface area contributed by atoms with Crippen LogP contribution in [0.15, 0.2) is 109 Å². The standard InChI is InChI=1S/C33H32N4O5.CH2O3/c1-33(2,3)42-32(41)37-27-17-11-10-16-26(27)36-29(38)23-20-18-22(19-21-23)28(30(39)34-24-12-6-4-7-13-24)31(40)35-25-14-8-5-9-15-25;2-1(3)4/h4-21,28H,1-3H3,(H,34,39)(H,35,40)(H,36,38)(H,37,41);(H2,2,3,4). The molecule has 12 heteroatoms. The van der Waals surface area contributed by atoms with Gasteiger partial charge in [0.05, 0.1) is 11.4 Å². The van der Waals surface area contributed by atoms with Crippen LogP contribution in [-0.4, -0.2) is 45.8 Å². The van der Waals surface area contributed by atoms with Crippen LogP contribution in [0.4, 0.5) is 32.3 Å². The molecule has 0 spiro atoms. The van der Waals surface area contributed by atoms with Crippen LogP contribution in [0.1, 0.15) is 42.6 Å². The van der Waals surface area contributed by atoms with Gasteiger partial charge in [-0.25, -0.2) is 9.59 Å². The molecule has 6 N–H and O–H groups in total. The molecule has 4 rings (SSSR count). The van der Waals surface area contributed by atoms with Crippen LogP contribution in [-0.2, 0) is 14.3 Å². The van der Waals surface area contributed by atoms with Gasteiger partial charge >= 0.3 is 12.2 Å². The molecule has 4 amide bonds. The van der Waals surface area contributed by atoms with Crippen LogP contribution >= 0.6 is 0 Å². The molecule has 0 aliphatic carbocycles. The first-order valence-corrected chi connectivity index (χ1v) is 14.0. The maximum Gasteiger partial charge on any atom is 0.503 e. The minimum atomic E-state index is -1.83. The Morgan fingerprint density at radius 3 is 1.43 bits per heavy atom. The molecular formula is C34H34N4O8. The van der Waals surface area contributed by atoms with E-state index in [4.69, 9.17) is 19.7 Å². The van der Waals surface area contributed by atoms with E-state index >= 15 is 0 Å². The van der Waals surface area contributed by atoms with Gasteiger partial charge in [0, 0.05) is 16.9 Å². The molecule has 0 radical (unpaired) electrons. The first-order valence-electron chi connectivity index (χ1n) is 14.0. The summed E-state index contributed by atoms with van der Waals surface area (Å²) in [4.78, 5) is 60.6. The maximum absolute atomic E-state index is 13.3. The number of ether oxygens (including phenoxy) is 1. The van der Waals surface area contributed by atoms with E-state index in [-0.39, 0.29) is 5.56 Å². The fourth-order valence-corrected chi connectivity index (χ4v) is 4.03. The summed E-state index contributed by atoms with van der Waals surface area (Å²) in [5.74, 6) is -2.68. The second-order valence-electron chi connectivity index (χ2n) is 10.7. The van der Waals surface area contributed by atoms with E-state index in [0.717, 1.165) is 0 Å². The summed E-state index contributed by atoms with van der Waals surface area (Å²) in [6.45, 7) is 5.27. The number of carboxylic acid groups (broad SMARTS) is 2. The van der Waals surface area contributed by atoms with Crippen molar-refractivity contribution >= 4 is 52.7 Å². The van der Waals surface area contributed by atoms with E-state index in [2.05, 4.69) is 21.3 Å². The van der Waals surface area contributed by atoms with Gasteiger partial charge in [0.2, 0.25) is 11.8 Å². The average molecular weight is 627 g/mol. The molecule has 238 valence electrons. The summed E-state index contributed by atoms with van der Waals surface area (Å²) in [6, 6.07) is 30.6. The normalized spacial score (nSPS) is 10.4. The second kappa shape index (κ2) is 16.1. The third-order valence-electron chi connectivity index (χ3n) is 5.92. The van der Waals surface area contributed by atoms with Gasteiger partial charge in [-0.2, -0.15) is 0 Å². The van der Waals surface area contributed by atoms with Crippen LogP contribution in [0.25, 0.3) is 0 Å². The summed E-state index contributed by atoms with van der Waals surface area (Å²) >= 11 is 0. The number of carbonyl (C=O) groups excluding carboxylic acids is 4. The zero-order valence-corrected chi connectivity index (χ0v) is 25.3. The number of amides is 4. The Hall–Kier alpha value is -6.17. The maximum atomic E-state index is 13.3. The van der Waals surface area contributed by atoms with Gasteiger partial charge in [-0.05, 0) is 74.9 Å². The van der Waals surface area contributed by atoms with Crippen LogP contribution in [0, 0.1) is 0 Å². The molecule has 0 aromatic heterocycles. The van der Waals surface area contributed by atoms with Gasteiger partial charge < -0.3 is 30.9 Å². The van der Waals surface area contributed by atoms with Gasteiger partial charge in [-0.1, -0.05) is 60.7 Å². The van der Waals surface area contributed by atoms with E-state index in [0.29, 0.717) is 28.3 Å². The molecule has 4 aromatic rings. The Labute approximate surface area is 265 Å². The van der Waals surface area contributed by atoms with Crippen LogP contribution < -0.4 is 21.3 Å².